The highest BCUT2D eigenvalue weighted by Gasteiger charge is 2.19. The average molecular weight is 530 g/mol. The third kappa shape index (κ3) is 10.1. The van der Waals surface area contributed by atoms with E-state index in [1.54, 1.807) is 18.2 Å². The maximum atomic E-state index is 13.3. The van der Waals surface area contributed by atoms with Gasteiger partial charge in [0, 0.05) is 24.2 Å². The van der Waals surface area contributed by atoms with E-state index in [1.807, 2.05) is 0 Å². The van der Waals surface area contributed by atoms with Crippen molar-refractivity contribution in [3.63, 3.8) is 0 Å². The smallest absolute Gasteiger partial charge is 0.317 e. The lowest BCUT2D eigenvalue weighted by molar-refractivity contribution is -0.144. The predicted octanol–water partition coefficient (Wildman–Crippen LogP) is 1.59. The molecule has 2 rings (SSSR count). The van der Waals surface area contributed by atoms with Gasteiger partial charge in [-0.15, -0.1) is 0 Å². The predicted molar refractivity (Wildman–Crippen MR) is 132 cm³/mol. The second-order valence-corrected chi connectivity index (χ2v) is 8.17. The molecule has 0 aliphatic heterocycles. The van der Waals surface area contributed by atoms with Crippen molar-refractivity contribution in [2.75, 3.05) is 26.2 Å². The molecule has 37 heavy (non-hydrogen) atoms. The molecule has 0 heterocycles. The van der Waals surface area contributed by atoms with Crippen molar-refractivity contribution >= 4 is 52.7 Å². The van der Waals surface area contributed by atoms with Crippen LogP contribution in [0.1, 0.15) is 27.0 Å². The molecular formula is C24H23N3O9S. The maximum absolute atomic E-state index is 13.3. The first kappa shape index (κ1) is 28.9. The van der Waals surface area contributed by atoms with E-state index in [1.165, 1.54) is 24.3 Å². The molecule has 0 aliphatic rings. The monoisotopic (exact) mass is 529 g/mol. The minimum absolute atomic E-state index is 0.146. The molecule has 0 bridgehead atoms. The third-order valence-electron chi connectivity index (χ3n) is 4.85. The molecule has 12 nitrogen and oxygen atoms in total. The van der Waals surface area contributed by atoms with E-state index in [-0.39, 0.29) is 24.2 Å². The van der Waals surface area contributed by atoms with E-state index in [4.69, 9.17) is 20.4 Å². The number of carboxylic acids is 4. The standard InChI is InChI=1S/C24H23N3O9S/c28-20(29)10-26(11-21(30)31)8-15-4-16(9-27(12-22(32)33)13-23(34)35)6-18(5-15)24(36)17-2-1-3-19(7-17)25-14-37/h1-7H,8-13H2,(H,28,29)(H,30,31)(H,32,33)(H,34,35). The van der Waals surface area contributed by atoms with Crippen LogP contribution in [0, 0.1) is 0 Å². The van der Waals surface area contributed by atoms with Gasteiger partial charge in [-0.3, -0.25) is 33.8 Å². The van der Waals surface area contributed by atoms with Crippen LogP contribution < -0.4 is 0 Å². The van der Waals surface area contributed by atoms with Gasteiger partial charge in [0.25, 0.3) is 0 Å². The number of hydrogen-bond acceptors (Lipinski definition) is 9. The number of rotatable bonds is 15. The van der Waals surface area contributed by atoms with Crippen molar-refractivity contribution in [3.05, 3.63) is 64.7 Å². The van der Waals surface area contributed by atoms with E-state index in [0.29, 0.717) is 16.8 Å². The fourth-order valence-corrected chi connectivity index (χ4v) is 3.73. The number of aliphatic imine (C=N–C) groups is 1. The number of benzene rings is 2. The zero-order valence-corrected chi connectivity index (χ0v) is 20.2. The summed E-state index contributed by atoms with van der Waals surface area (Å²) in [5, 5.41) is 38.8. The lowest BCUT2D eigenvalue weighted by Crippen LogP contribution is -2.35. The molecule has 2 aromatic carbocycles. The number of nitrogens with zero attached hydrogens (tertiary/aromatic N) is 3. The van der Waals surface area contributed by atoms with E-state index in [9.17, 15) is 24.0 Å². The van der Waals surface area contributed by atoms with Crippen molar-refractivity contribution in [2.45, 2.75) is 13.1 Å². The van der Waals surface area contributed by atoms with Crippen LogP contribution in [-0.4, -0.2) is 91.2 Å². The van der Waals surface area contributed by atoms with Gasteiger partial charge in [0.2, 0.25) is 0 Å². The lowest BCUT2D eigenvalue weighted by atomic mass is 9.97. The van der Waals surface area contributed by atoms with Crippen LogP contribution in [0.3, 0.4) is 0 Å². The molecule has 0 saturated carbocycles. The van der Waals surface area contributed by atoms with Crippen LogP contribution in [0.2, 0.25) is 0 Å². The Labute approximate surface area is 216 Å². The summed E-state index contributed by atoms with van der Waals surface area (Å²) in [6, 6.07) is 10.7. The Morgan fingerprint density at radius 2 is 1.16 bits per heavy atom. The molecule has 0 fully saturated rings. The SMILES string of the molecule is O=C(O)CN(CC(=O)O)Cc1cc(CN(CC(=O)O)CC(=O)O)cc(C(=O)c2cccc(N=C=S)c2)c1. The quantitative estimate of drug-likeness (QED) is 0.149. The molecule has 0 atom stereocenters. The Hall–Kier alpha value is -4.29. The van der Waals surface area contributed by atoms with Crippen LogP contribution in [0.4, 0.5) is 5.69 Å². The largest absolute Gasteiger partial charge is 0.480 e. The topological polar surface area (TPSA) is 185 Å². The normalized spacial score (nSPS) is 10.6. The number of isothiocyanates is 1. The van der Waals surface area contributed by atoms with Gasteiger partial charge in [0.15, 0.2) is 5.78 Å². The van der Waals surface area contributed by atoms with Crippen LogP contribution in [0.15, 0.2) is 47.5 Å². The number of thiocarbonyl (C=S) groups is 1. The second-order valence-electron chi connectivity index (χ2n) is 7.99. The molecule has 2 aromatic rings. The number of ketones is 1. The molecule has 0 radical (unpaired) electrons. The van der Waals surface area contributed by atoms with Crippen LogP contribution >= 0.6 is 12.2 Å². The Morgan fingerprint density at radius 3 is 1.57 bits per heavy atom. The summed E-state index contributed by atoms with van der Waals surface area (Å²) < 4.78 is 0. The van der Waals surface area contributed by atoms with Crippen molar-refractivity contribution in [1.29, 1.82) is 0 Å². The molecule has 0 aromatic heterocycles. The first-order chi connectivity index (χ1) is 17.5. The molecule has 0 spiro atoms. The van der Waals surface area contributed by atoms with E-state index in [2.05, 4.69) is 22.4 Å². The molecule has 0 aliphatic carbocycles. The van der Waals surface area contributed by atoms with Crippen LogP contribution in [-0.2, 0) is 32.3 Å². The summed E-state index contributed by atoms with van der Waals surface area (Å²) in [7, 11) is 0. The number of carboxylic acid groups (broad SMARTS) is 4. The maximum Gasteiger partial charge on any atom is 0.317 e. The Morgan fingerprint density at radius 1 is 0.703 bits per heavy atom. The zero-order chi connectivity index (χ0) is 27.5. The summed E-state index contributed by atoms with van der Waals surface area (Å²) in [6.45, 7) is -2.63. The molecule has 0 amide bonds. The van der Waals surface area contributed by atoms with Crippen molar-refractivity contribution in [3.8, 4) is 0 Å². The van der Waals surface area contributed by atoms with Gasteiger partial charge in [-0.2, -0.15) is 4.99 Å². The van der Waals surface area contributed by atoms with Gasteiger partial charge in [-0.25, -0.2) is 0 Å². The highest BCUT2D eigenvalue weighted by atomic mass is 32.1. The highest BCUT2D eigenvalue weighted by Crippen LogP contribution is 2.21. The summed E-state index contributed by atoms with van der Waals surface area (Å²) in [6.07, 6.45) is 0. The van der Waals surface area contributed by atoms with Crippen LogP contribution in [0.5, 0.6) is 0 Å². The third-order valence-corrected chi connectivity index (χ3v) is 4.94. The molecule has 0 unspecified atom stereocenters. The van der Waals surface area contributed by atoms with E-state index in [0.717, 1.165) is 9.80 Å². The van der Waals surface area contributed by atoms with E-state index < -0.39 is 55.8 Å². The number of carbonyl (C=O) groups excluding carboxylic acids is 1. The van der Waals surface area contributed by atoms with Gasteiger partial charge < -0.3 is 20.4 Å². The summed E-state index contributed by atoms with van der Waals surface area (Å²) in [5.41, 5.74) is 1.53. The van der Waals surface area contributed by atoms with Gasteiger partial charge in [-0.1, -0.05) is 18.2 Å². The number of aliphatic carboxylic acids is 4. The van der Waals surface area contributed by atoms with Gasteiger partial charge in [0.1, 0.15) is 0 Å². The minimum atomic E-state index is -1.25. The first-order valence-electron chi connectivity index (χ1n) is 10.6. The Kier molecular flexibility index (Phi) is 10.7. The van der Waals surface area contributed by atoms with Crippen molar-refractivity contribution in [1.82, 2.24) is 9.80 Å². The average Bonchev–Trinajstić information content (AvgIpc) is 2.77. The van der Waals surface area contributed by atoms with Crippen molar-refractivity contribution in [2.24, 2.45) is 4.99 Å². The van der Waals surface area contributed by atoms with Crippen LogP contribution in [0.25, 0.3) is 0 Å². The fourth-order valence-electron chi connectivity index (χ4n) is 3.63. The molecule has 13 heteroatoms. The Bertz CT molecular complexity index is 1170. The highest BCUT2D eigenvalue weighted by molar-refractivity contribution is 7.78. The number of carbonyl (C=O) groups is 5. The van der Waals surface area contributed by atoms with Gasteiger partial charge in [0.05, 0.1) is 37.0 Å². The van der Waals surface area contributed by atoms with E-state index >= 15 is 0 Å². The summed E-state index contributed by atoms with van der Waals surface area (Å²) >= 11 is 4.59. The Balaban J connectivity index is 2.53. The fraction of sp³-hybridized carbons (Fsp3) is 0.250. The van der Waals surface area contributed by atoms with Crippen molar-refractivity contribution < 1.29 is 44.4 Å². The van der Waals surface area contributed by atoms with Gasteiger partial charge in [-0.05, 0) is 47.6 Å². The number of hydrogen-bond donors (Lipinski definition) is 4. The molecule has 194 valence electrons. The summed E-state index contributed by atoms with van der Waals surface area (Å²) in [4.78, 5) is 64.3. The summed E-state index contributed by atoms with van der Waals surface area (Å²) in [5.74, 6) is -5.45. The first-order valence-corrected chi connectivity index (χ1v) is 11.0. The molecular weight excluding hydrogens is 506 g/mol. The molecule has 4 N–H and O–H groups in total. The second kappa shape index (κ2) is 13.7. The lowest BCUT2D eigenvalue weighted by Gasteiger charge is -2.21. The molecule has 0 saturated heterocycles. The van der Waals surface area contributed by atoms with Gasteiger partial charge >= 0.3 is 23.9 Å². The minimum Gasteiger partial charge on any atom is -0.480 e. The zero-order valence-electron chi connectivity index (χ0n) is 19.4.